The number of rotatable bonds is 8. The monoisotopic (exact) mass is 381 g/mol. The molecule has 0 spiro atoms. The van der Waals surface area contributed by atoms with E-state index in [1.807, 2.05) is 0 Å². The fraction of sp³-hybridized carbons (Fsp3) is 0.842. The van der Waals surface area contributed by atoms with Crippen LogP contribution in [-0.4, -0.2) is 52.4 Å². The summed E-state index contributed by atoms with van der Waals surface area (Å²) in [5.41, 5.74) is -0.0395. The molecule has 0 saturated heterocycles. The van der Waals surface area contributed by atoms with Crippen LogP contribution < -0.4 is 16.0 Å². The van der Waals surface area contributed by atoms with Gasteiger partial charge in [-0.05, 0) is 69.6 Å². The number of nitrogens with one attached hydrogen (secondary N) is 3. The normalized spacial score (nSPS) is 33.2. The van der Waals surface area contributed by atoms with Crippen LogP contribution in [-0.2, 0) is 9.59 Å². The van der Waals surface area contributed by atoms with Gasteiger partial charge in [0.15, 0.2) is 6.04 Å². The summed E-state index contributed by atoms with van der Waals surface area (Å²) in [6.45, 7) is 1.66. The number of carboxylic acid groups (broad SMARTS) is 1. The van der Waals surface area contributed by atoms with E-state index in [4.69, 9.17) is 5.11 Å². The van der Waals surface area contributed by atoms with Gasteiger partial charge in [-0.3, -0.25) is 4.79 Å². The van der Waals surface area contributed by atoms with Crippen LogP contribution in [0.3, 0.4) is 0 Å². The highest BCUT2D eigenvalue weighted by molar-refractivity contribution is 5.84. The highest BCUT2D eigenvalue weighted by Gasteiger charge is 2.51. The summed E-state index contributed by atoms with van der Waals surface area (Å²) in [4.78, 5) is 35.0. The first-order chi connectivity index (χ1) is 12.8. The van der Waals surface area contributed by atoms with Gasteiger partial charge in [0.1, 0.15) is 0 Å². The Morgan fingerprint density at radius 1 is 1.07 bits per heavy atom. The molecule has 0 radical (unpaired) electrons. The molecule has 8 nitrogen and oxygen atoms in total. The molecule has 0 aromatic carbocycles. The van der Waals surface area contributed by atoms with Gasteiger partial charge in [-0.1, -0.05) is 0 Å². The number of hydrogen-bond donors (Lipinski definition) is 5. The Labute approximate surface area is 159 Å². The van der Waals surface area contributed by atoms with E-state index in [0.717, 1.165) is 37.0 Å². The number of carbonyl (C=O) groups excluding carboxylic acids is 2. The SMILES string of the molecule is CC(O)[C@H](NC(=O)CCCNC(=O)NC12CC3CC(CC(C3)C1)C2)C(=O)O. The molecule has 4 saturated carbocycles. The molecular formula is C19H31N3O5. The molecule has 5 N–H and O–H groups in total. The van der Waals surface area contributed by atoms with Gasteiger partial charge in [-0.25, -0.2) is 9.59 Å². The lowest BCUT2D eigenvalue weighted by atomic mass is 9.53. The van der Waals surface area contributed by atoms with Crippen molar-refractivity contribution >= 4 is 17.9 Å². The van der Waals surface area contributed by atoms with E-state index in [-0.39, 0.29) is 18.0 Å². The summed E-state index contributed by atoms with van der Waals surface area (Å²) in [6, 6.07) is -1.49. The van der Waals surface area contributed by atoms with E-state index in [1.54, 1.807) is 0 Å². The van der Waals surface area contributed by atoms with Crippen molar-refractivity contribution in [1.29, 1.82) is 0 Å². The largest absolute Gasteiger partial charge is 0.480 e. The first-order valence-electron chi connectivity index (χ1n) is 10.0. The van der Waals surface area contributed by atoms with Crippen LogP contribution in [0.4, 0.5) is 4.79 Å². The molecule has 2 atom stereocenters. The summed E-state index contributed by atoms with van der Waals surface area (Å²) in [5.74, 6) is 0.557. The quantitative estimate of drug-likeness (QED) is 0.401. The highest BCUT2D eigenvalue weighted by Crippen LogP contribution is 2.55. The molecule has 152 valence electrons. The van der Waals surface area contributed by atoms with Gasteiger partial charge in [-0.15, -0.1) is 0 Å². The number of hydrogen-bond acceptors (Lipinski definition) is 4. The Bertz CT molecular complexity index is 557. The fourth-order valence-electron chi connectivity index (χ4n) is 5.63. The molecule has 4 rings (SSSR count). The lowest BCUT2D eigenvalue weighted by Crippen LogP contribution is -2.61. The first kappa shape index (κ1) is 19.9. The average molecular weight is 381 g/mol. The van der Waals surface area contributed by atoms with Crippen molar-refractivity contribution in [2.45, 2.75) is 76.0 Å². The zero-order valence-corrected chi connectivity index (χ0v) is 15.9. The highest BCUT2D eigenvalue weighted by atomic mass is 16.4. The Hall–Kier alpha value is -1.83. The summed E-state index contributed by atoms with van der Waals surface area (Å²) in [7, 11) is 0. The second kappa shape index (κ2) is 8.04. The van der Waals surface area contributed by atoms with Gasteiger partial charge in [-0.2, -0.15) is 0 Å². The van der Waals surface area contributed by atoms with E-state index in [0.29, 0.717) is 13.0 Å². The maximum Gasteiger partial charge on any atom is 0.328 e. The van der Waals surface area contributed by atoms with E-state index in [2.05, 4.69) is 16.0 Å². The minimum absolute atomic E-state index is 0.0395. The maximum absolute atomic E-state index is 12.3. The van der Waals surface area contributed by atoms with Crippen molar-refractivity contribution in [1.82, 2.24) is 16.0 Å². The molecule has 4 aliphatic rings. The van der Waals surface area contributed by atoms with Crippen LogP contribution >= 0.6 is 0 Å². The molecule has 8 heteroatoms. The molecule has 0 aliphatic heterocycles. The predicted molar refractivity (Wildman–Crippen MR) is 97.9 cm³/mol. The number of carbonyl (C=O) groups is 3. The molecule has 0 aromatic rings. The minimum atomic E-state index is -1.31. The zero-order chi connectivity index (χ0) is 19.6. The van der Waals surface area contributed by atoms with E-state index < -0.39 is 24.0 Å². The number of aliphatic carboxylic acids is 1. The van der Waals surface area contributed by atoms with Gasteiger partial charge >= 0.3 is 12.0 Å². The number of aliphatic hydroxyl groups is 1. The second-order valence-corrected chi connectivity index (χ2v) is 8.81. The van der Waals surface area contributed by atoms with E-state index in [1.165, 1.54) is 26.2 Å². The fourth-order valence-corrected chi connectivity index (χ4v) is 5.63. The molecular weight excluding hydrogens is 350 g/mol. The van der Waals surface area contributed by atoms with Gasteiger partial charge in [0.05, 0.1) is 6.10 Å². The van der Waals surface area contributed by atoms with E-state index in [9.17, 15) is 19.5 Å². The Balaban J connectivity index is 1.35. The van der Waals surface area contributed by atoms with Crippen LogP contribution in [0, 0.1) is 17.8 Å². The molecule has 1 unspecified atom stereocenters. The second-order valence-electron chi connectivity index (χ2n) is 8.81. The number of carboxylic acids is 1. The number of amides is 3. The lowest BCUT2D eigenvalue weighted by Gasteiger charge is -2.56. The van der Waals surface area contributed by atoms with E-state index >= 15 is 0 Å². The van der Waals surface area contributed by atoms with Crippen LogP contribution in [0.15, 0.2) is 0 Å². The predicted octanol–water partition coefficient (Wildman–Crippen LogP) is 0.985. The van der Waals surface area contributed by atoms with Crippen molar-refractivity contribution in [2.75, 3.05) is 6.54 Å². The Morgan fingerprint density at radius 3 is 2.11 bits per heavy atom. The third-order valence-corrected chi connectivity index (χ3v) is 6.35. The van der Waals surface area contributed by atoms with Gasteiger partial charge in [0.25, 0.3) is 0 Å². The molecule has 4 aliphatic carbocycles. The molecule has 4 fully saturated rings. The molecule has 4 bridgehead atoms. The first-order valence-corrected chi connectivity index (χ1v) is 10.0. The minimum Gasteiger partial charge on any atom is -0.480 e. The summed E-state index contributed by atoms with van der Waals surface area (Å²) in [6.07, 6.45) is 6.56. The topological polar surface area (TPSA) is 128 Å². The van der Waals surface area contributed by atoms with Gasteiger partial charge in [0.2, 0.25) is 5.91 Å². The molecule has 0 aromatic heterocycles. The van der Waals surface area contributed by atoms with Crippen LogP contribution in [0.5, 0.6) is 0 Å². The average Bonchev–Trinajstić information content (AvgIpc) is 2.54. The standard InChI is InChI=1S/C19H31N3O5/c1-11(23)16(17(25)26)21-15(24)3-2-4-20-18(27)22-19-8-12-5-13(9-19)7-14(6-12)10-19/h11-14,16,23H,2-10H2,1H3,(H,21,24)(H,25,26)(H2,20,22,27)/t11?,12?,13?,14?,16-,19?/m0/s1. The summed E-state index contributed by atoms with van der Waals surface area (Å²) >= 11 is 0. The van der Waals surface area contributed by atoms with Crippen LogP contribution in [0.1, 0.15) is 58.3 Å². The zero-order valence-electron chi connectivity index (χ0n) is 15.9. The lowest BCUT2D eigenvalue weighted by molar-refractivity contribution is -0.144. The number of urea groups is 1. The van der Waals surface area contributed by atoms with Crippen molar-refractivity contribution in [3.63, 3.8) is 0 Å². The van der Waals surface area contributed by atoms with Crippen LogP contribution in [0.25, 0.3) is 0 Å². The molecule has 3 amide bonds. The van der Waals surface area contributed by atoms with Crippen LogP contribution in [0.2, 0.25) is 0 Å². The maximum atomic E-state index is 12.3. The Kier molecular flexibility index (Phi) is 5.93. The summed E-state index contributed by atoms with van der Waals surface area (Å²) < 4.78 is 0. The third-order valence-electron chi connectivity index (χ3n) is 6.35. The van der Waals surface area contributed by atoms with Crippen molar-refractivity contribution < 1.29 is 24.6 Å². The Morgan fingerprint density at radius 2 is 1.63 bits per heavy atom. The molecule has 0 heterocycles. The molecule has 27 heavy (non-hydrogen) atoms. The van der Waals surface area contributed by atoms with Crippen molar-refractivity contribution in [2.24, 2.45) is 17.8 Å². The van der Waals surface area contributed by atoms with Gasteiger partial charge < -0.3 is 26.2 Å². The third kappa shape index (κ3) is 4.91. The van der Waals surface area contributed by atoms with Crippen molar-refractivity contribution in [3.8, 4) is 0 Å². The van der Waals surface area contributed by atoms with Crippen molar-refractivity contribution in [3.05, 3.63) is 0 Å². The number of aliphatic hydroxyl groups excluding tert-OH is 1. The van der Waals surface area contributed by atoms with Gasteiger partial charge in [0, 0.05) is 18.5 Å². The smallest absolute Gasteiger partial charge is 0.328 e. The summed E-state index contributed by atoms with van der Waals surface area (Å²) in [5, 5.41) is 26.6.